The molecule has 34 heavy (non-hydrogen) atoms. The highest BCUT2D eigenvalue weighted by Crippen LogP contribution is 2.50. The Bertz CT molecular complexity index is 717. The van der Waals surface area contributed by atoms with E-state index in [0.717, 1.165) is 13.0 Å². The zero-order valence-electron chi connectivity index (χ0n) is 23.4. The highest BCUT2D eigenvalue weighted by Gasteiger charge is 2.47. The second-order valence-electron chi connectivity index (χ2n) is 13.6. The maximum atomic E-state index is 11.6. The van der Waals surface area contributed by atoms with Crippen molar-refractivity contribution in [2.75, 3.05) is 6.61 Å². The number of carbonyl (C=O) groups excluding carboxylic acids is 1. The number of hydrogen-bond donors (Lipinski definition) is 0. The van der Waals surface area contributed by atoms with Gasteiger partial charge in [-0.15, -0.1) is 0 Å². The molecule has 6 atom stereocenters. The molecule has 0 aromatic carbocycles. The van der Waals surface area contributed by atoms with Gasteiger partial charge in [-0.3, -0.25) is 4.79 Å². The van der Waals surface area contributed by atoms with Crippen molar-refractivity contribution in [2.45, 2.75) is 150 Å². The number of thioether (sulfide) groups is 2. The third-order valence-corrected chi connectivity index (χ3v) is 21.8. The summed E-state index contributed by atoms with van der Waals surface area (Å²) in [4.78, 5) is 11.6. The van der Waals surface area contributed by atoms with Crippen LogP contribution >= 0.6 is 23.5 Å². The average molecular weight is 547 g/mol. The Morgan fingerprint density at radius 3 is 1.97 bits per heavy atom. The van der Waals surface area contributed by atoms with Crippen LogP contribution in [-0.4, -0.2) is 62.4 Å². The Labute approximate surface area is 220 Å². The van der Waals surface area contributed by atoms with Crippen molar-refractivity contribution < 1.29 is 18.4 Å². The van der Waals surface area contributed by atoms with Crippen LogP contribution in [0.3, 0.4) is 0 Å². The molecule has 0 unspecified atom stereocenters. The van der Waals surface area contributed by atoms with Crippen LogP contribution in [0, 0.1) is 0 Å². The first-order valence-electron chi connectivity index (χ1n) is 13.3. The summed E-state index contributed by atoms with van der Waals surface area (Å²) in [5.41, 5.74) is 0. The van der Waals surface area contributed by atoms with E-state index in [2.05, 4.69) is 91.3 Å². The van der Waals surface area contributed by atoms with E-state index in [1.807, 2.05) is 0 Å². The number of esters is 1. The topological polar surface area (TPSA) is 44.8 Å². The molecule has 3 heterocycles. The number of rotatable bonds is 8. The van der Waals surface area contributed by atoms with Gasteiger partial charge in [0, 0.05) is 27.4 Å². The van der Waals surface area contributed by atoms with Gasteiger partial charge in [0.1, 0.15) is 6.10 Å². The molecule has 3 saturated heterocycles. The predicted octanol–water partition coefficient (Wildman–Crippen LogP) is 7.63. The number of cyclic esters (lactones) is 1. The van der Waals surface area contributed by atoms with Gasteiger partial charge in [0.2, 0.25) is 0 Å². The van der Waals surface area contributed by atoms with E-state index >= 15 is 0 Å². The lowest BCUT2D eigenvalue weighted by atomic mass is 10.0. The molecule has 4 nitrogen and oxygen atoms in total. The summed E-state index contributed by atoms with van der Waals surface area (Å²) < 4.78 is 19.4. The van der Waals surface area contributed by atoms with Crippen molar-refractivity contribution >= 4 is 46.1 Å². The summed E-state index contributed by atoms with van der Waals surface area (Å²) in [6, 6.07) is 0. The highest BCUT2D eigenvalue weighted by atomic mass is 32.2. The Morgan fingerprint density at radius 1 is 0.853 bits per heavy atom. The van der Waals surface area contributed by atoms with Crippen LogP contribution in [0.1, 0.15) is 80.1 Å². The normalized spacial score (nSPS) is 32.3. The molecule has 198 valence electrons. The van der Waals surface area contributed by atoms with E-state index in [9.17, 15) is 4.79 Å². The molecule has 0 spiro atoms. The Kier molecular flexibility index (Phi) is 9.17. The van der Waals surface area contributed by atoms with Crippen molar-refractivity contribution in [1.29, 1.82) is 0 Å². The van der Waals surface area contributed by atoms with Gasteiger partial charge in [0.15, 0.2) is 16.6 Å². The van der Waals surface area contributed by atoms with E-state index < -0.39 is 16.6 Å². The van der Waals surface area contributed by atoms with Crippen molar-refractivity contribution in [3.8, 4) is 0 Å². The zero-order chi connectivity index (χ0) is 25.5. The number of ether oxygens (including phenoxy) is 1. The highest BCUT2D eigenvalue weighted by molar-refractivity contribution is 8.04. The molecule has 0 aliphatic carbocycles. The fourth-order valence-corrected chi connectivity index (χ4v) is 10.7. The fourth-order valence-electron chi connectivity index (χ4n) is 4.56. The lowest BCUT2D eigenvalue weighted by Gasteiger charge is -2.43. The summed E-state index contributed by atoms with van der Waals surface area (Å²) in [6.45, 7) is 24.1. The molecule has 8 heteroatoms. The molecule has 0 aromatic heterocycles. The maximum Gasteiger partial charge on any atom is 0.306 e. The summed E-state index contributed by atoms with van der Waals surface area (Å²) in [5.74, 6) is -0.00305. The second kappa shape index (κ2) is 10.7. The monoisotopic (exact) mass is 546 g/mol. The standard InChI is InChI=1S/C26H50O4S2Si2/c1-25(2,3)33(7,8)28-17-19(30-34(9,10)26(4,5)6)21-13-15-23(32-21)22-14-12-20(31-22)18-11-16-24(27)29-18/h18-23H,11-17H2,1-10H3/t18-,19-,20+,21-,22+,23-/m1/s1. The van der Waals surface area contributed by atoms with Gasteiger partial charge in [-0.25, -0.2) is 0 Å². The fraction of sp³-hybridized carbons (Fsp3) is 0.962. The first-order valence-corrected chi connectivity index (χ1v) is 21.0. The van der Waals surface area contributed by atoms with E-state index in [4.69, 9.17) is 13.6 Å². The lowest BCUT2D eigenvalue weighted by molar-refractivity contribution is -0.141. The second-order valence-corrected chi connectivity index (χ2v) is 26.2. The van der Waals surface area contributed by atoms with Gasteiger partial charge in [-0.05, 0) is 68.4 Å². The summed E-state index contributed by atoms with van der Waals surface area (Å²) in [5, 5.41) is 2.76. The van der Waals surface area contributed by atoms with Crippen LogP contribution < -0.4 is 0 Å². The minimum atomic E-state index is -1.90. The van der Waals surface area contributed by atoms with Gasteiger partial charge >= 0.3 is 5.97 Å². The lowest BCUT2D eigenvalue weighted by Crippen LogP contribution is -2.50. The van der Waals surface area contributed by atoms with Crippen LogP contribution in [0.2, 0.25) is 36.3 Å². The Hall–Kier alpha value is 0.524. The minimum Gasteiger partial charge on any atom is -0.461 e. The smallest absolute Gasteiger partial charge is 0.306 e. The van der Waals surface area contributed by atoms with Crippen LogP contribution in [-0.2, 0) is 18.4 Å². The van der Waals surface area contributed by atoms with E-state index in [-0.39, 0.29) is 28.3 Å². The maximum absolute atomic E-state index is 11.6. The van der Waals surface area contributed by atoms with Gasteiger partial charge in [0.25, 0.3) is 0 Å². The van der Waals surface area contributed by atoms with Gasteiger partial charge < -0.3 is 13.6 Å². The molecule has 0 saturated carbocycles. The SMILES string of the molecule is CC(C)(C)[Si](C)(C)OC[C@@H](O[Si](C)(C)C(C)(C)C)[C@H]1CC[C@H]([C@@H]2CC[C@@H]([C@H]3CCC(=O)O3)S2)S1. The van der Waals surface area contributed by atoms with Gasteiger partial charge in [-0.1, -0.05) is 41.5 Å². The molecule has 0 bridgehead atoms. The third kappa shape index (κ3) is 6.88. The first kappa shape index (κ1) is 29.1. The van der Waals surface area contributed by atoms with Gasteiger partial charge in [0.05, 0.1) is 12.7 Å². The molecular formula is C26H50O4S2Si2. The summed E-state index contributed by atoms with van der Waals surface area (Å²) in [6.07, 6.45) is 6.76. The van der Waals surface area contributed by atoms with Crippen molar-refractivity contribution in [3.63, 3.8) is 0 Å². The third-order valence-electron chi connectivity index (χ3n) is 9.00. The van der Waals surface area contributed by atoms with Crippen LogP contribution in [0.5, 0.6) is 0 Å². The molecule has 3 aliphatic rings. The molecule has 3 aliphatic heterocycles. The Morgan fingerprint density at radius 2 is 1.41 bits per heavy atom. The van der Waals surface area contributed by atoms with Crippen LogP contribution in [0.4, 0.5) is 0 Å². The average Bonchev–Trinajstić information content (AvgIpc) is 3.42. The molecular weight excluding hydrogens is 497 g/mol. The van der Waals surface area contributed by atoms with Crippen LogP contribution in [0.25, 0.3) is 0 Å². The van der Waals surface area contributed by atoms with Crippen molar-refractivity contribution in [3.05, 3.63) is 0 Å². The number of carbonyl (C=O) groups is 1. The minimum absolute atomic E-state index is 0.00305. The summed E-state index contributed by atoms with van der Waals surface area (Å²) >= 11 is 4.28. The molecule has 0 amide bonds. The first-order chi connectivity index (χ1) is 15.5. The zero-order valence-corrected chi connectivity index (χ0v) is 27.0. The number of hydrogen-bond acceptors (Lipinski definition) is 6. The van der Waals surface area contributed by atoms with E-state index in [1.165, 1.54) is 25.7 Å². The molecule has 0 radical (unpaired) electrons. The predicted molar refractivity (Wildman–Crippen MR) is 153 cm³/mol. The molecule has 0 aromatic rings. The van der Waals surface area contributed by atoms with Crippen molar-refractivity contribution in [1.82, 2.24) is 0 Å². The Balaban J connectivity index is 1.64. The van der Waals surface area contributed by atoms with Gasteiger partial charge in [-0.2, -0.15) is 23.5 Å². The largest absolute Gasteiger partial charge is 0.461 e. The quantitative estimate of drug-likeness (QED) is 0.230. The van der Waals surface area contributed by atoms with Crippen molar-refractivity contribution in [2.24, 2.45) is 0 Å². The van der Waals surface area contributed by atoms with Crippen LogP contribution in [0.15, 0.2) is 0 Å². The molecule has 3 fully saturated rings. The van der Waals surface area contributed by atoms with E-state index in [0.29, 0.717) is 27.4 Å². The molecule has 3 rings (SSSR count). The molecule has 0 N–H and O–H groups in total. The summed E-state index contributed by atoms with van der Waals surface area (Å²) in [7, 11) is -3.73. The van der Waals surface area contributed by atoms with E-state index in [1.54, 1.807) is 0 Å².